The number of benzene rings is 1. The van der Waals surface area contributed by atoms with E-state index in [9.17, 15) is 0 Å². The lowest BCUT2D eigenvalue weighted by Gasteiger charge is -2.55. The van der Waals surface area contributed by atoms with Crippen molar-refractivity contribution < 1.29 is 0 Å². The molecule has 0 spiro atoms. The minimum Gasteiger partial charge on any atom is -0.287 e. The molecule has 0 radical (unpaired) electrons. The van der Waals surface area contributed by atoms with Crippen LogP contribution in [0.2, 0.25) is 0 Å². The van der Waals surface area contributed by atoms with Crippen molar-refractivity contribution in [2.75, 3.05) is 0 Å². The van der Waals surface area contributed by atoms with Gasteiger partial charge in [0.1, 0.15) is 0 Å². The first-order valence-electron chi connectivity index (χ1n) is 8.53. The molecule has 0 unspecified atom stereocenters. The second kappa shape index (κ2) is 5.83. The van der Waals surface area contributed by atoms with Crippen LogP contribution in [-0.2, 0) is 5.54 Å². The Balaban J connectivity index is 2.06. The van der Waals surface area contributed by atoms with Crippen molar-refractivity contribution in [1.29, 1.82) is 0 Å². The van der Waals surface area contributed by atoms with Gasteiger partial charge < -0.3 is 0 Å². The molecular formula is C20H28N2. The molecule has 1 fully saturated rings. The minimum atomic E-state index is 0.0699. The molecule has 1 aromatic carbocycles. The van der Waals surface area contributed by atoms with Crippen LogP contribution in [0.15, 0.2) is 54.9 Å². The lowest BCUT2D eigenvalue weighted by atomic mass is 9.76. The van der Waals surface area contributed by atoms with Crippen LogP contribution in [0.25, 0.3) is 0 Å². The maximum Gasteiger partial charge on any atom is 0.0856 e. The molecule has 1 aliphatic carbocycles. The molecule has 1 aliphatic heterocycles. The van der Waals surface area contributed by atoms with E-state index in [0.29, 0.717) is 0 Å². The topological polar surface area (TPSA) is 6.48 Å². The summed E-state index contributed by atoms with van der Waals surface area (Å²) in [5.41, 5.74) is 1.61. The third-order valence-corrected chi connectivity index (χ3v) is 4.92. The predicted molar refractivity (Wildman–Crippen MR) is 92.9 cm³/mol. The average Bonchev–Trinajstić information content (AvgIpc) is 2.55. The molecule has 0 amide bonds. The Hall–Kier alpha value is -1.70. The van der Waals surface area contributed by atoms with E-state index < -0.39 is 0 Å². The van der Waals surface area contributed by atoms with Crippen LogP contribution >= 0.6 is 0 Å². The number of rotatable bonds is 2. The summed E-state index contributed by atoms with van der Waals surface area (Å²) in [5, 5.41) is 4.91. The van der Waals surface area contributed by atoms with Gasteiger partial charge in [0, 0.05) is 12.4 Å². The van der Waals surface area contributed by atoms with Crippen LogP contribution < -0.4 is 0 Å². The minimum absolute atomic E-state index is 0.0699. The molecule has 118 valence electrons. The van der Waals surface area contributed by atoms with Gasteiger partial charge in [0.25, 0.3) is 0 Å². The van der Waals surface area contributed by atoms with Gasteiger partial charge >= 0.3 is 0 Å². The summed E-state index contributed by atoms with van der Waals surface area (Å²) in [6.45, 7) is 6.85. The van der Waals surface area contributed by atoms with E-state index in [2.05, 4.69) is 85.7 Å². The maximum absolute atomic E-state index is 2.50. The van der Waals surface area contributed by atoms with Crippen LogP contribution in [0.4, 0.5) is 0 Å². The first kappa shape index (κ1) is 15.2. The Morgan fingerprint density at radius 1 is 0.864 bits per heavy atom. The van der Waals surface area contributed by atoms with E-state index in [4.69, 9.17) is 0 Å². The SMILES string of the molecule is CC(C)(C)N1C=CC=CN1C1(c2ccccc2)CCCCC1. The normalized spacial score (nSPS) is 21.2. The number of hydrazine groups is 1. The highest BCUT2D eigenvalue weighted by Crippen LogP contribution is 2.45. The molecule has 0 saturated heterocycles. The summed E-state index contributed by atoms with van der Waals surface area (Å²) in [7, 11) is 0. The van der Waals surface area contributed by atoms with Gasteiger partial charge in [-0.2, -0.15) is 0 Å². The largest absolute Gasteiger partial charge is 0.287 e. The molecule has 2 aliphatic rings. The highest BCUT2D eigenvalue weighted by atomic mass is 15.7. The van der Waals surface area contributed by atoms with Gasteiger partial charge in [0.15, 0.2) is 0 Å². The van der Waals surface area contributed by atoms with Crippen LogP contribution in [-0.4, -0.2) is 15.6 Å². The highest BCUT2D eigenvalue weighted by Gasteiger charge is 2.43. The molecule has 3 rings (SSSR count). The van der Waals surface area contributed by atoms with Gasteiger partial charge in [0.2, 0.25) is 0 Å². The van der Waals surface area contributed by atoms with E-state index >= 15 is 0 Å². The van der Waals surface area contributed by atoms with Crippen molar-refractivity contribution in [2.45, 2.75) is 64.0 Å². The number of nitrogens with zero attached hydrogens (tertiary/aromatic N) is 2. The van der Waals surface area contributed by atoms with E-state index in [0.717, 1.165) is 0 Å². The first-order valence-corrected chi connectivity index (χ1v) is 8.53. The highest BCUT2D eigenvalue weighted by molar-refractivity contribution is 5.27. The molecule has 2 heteroatoms. The van der Waals surface area contributed by atoms with Crippen molar-refractivity contribution in [3.05, 3.63) is 60.4 Å². The van der Waals surface area contributed by atoms with Gasteiger partial charge in [-0.15, -0.1) is 0 Å². The Labute approximate surface area is 135 Å². The molecule has 2 nitrogen and oxygen atoms in total. The van der Waals surface area contributed by atoms with Crippen molar-refractivity contribution in [3.8, 4) is 0 Å². The van der Waals surface area contributed by atoms with Crippen LogP contribution in [0.3, 0.4) is 0 Å². The molecule has 0 N–H and O–H groups in total. The summed E-state index contributed by atoms with van der Waals surface area (Å²) in [6.07, 6.45) is 15.2. The average molecular weight is 296 g/mol. The van der Waals surface area contributed by atoms with E-state index in [1.807, 2.05) is 0 Å². The number of hydrogen-bond donors (Lipinski definition) is 0. The molecular weight excluding hydrogens is 268 g/mol. The second-order valence-corrected chi connectivity index (χ2v) is 7.50. The summed E-state index contributed by atoms with van der Waals surface area (Å²) >= 11 is 0. The van der Waals surface area contributed by atoms with Crippen molar-refractivity contribution >= 4 is 0 Å². The molecule has 1 heterocycles. The monoisotopic (exact) mass is 296 g/mol. The van der Waals surface area contributed by atoms with Gasteiger partial charge in [0.05, 0.1) is 11.1 Å². The van der Waals surface area contributed by atoms with E-state index in [1.165, 1.54) is 37.7 Å². The van der Waals surface area contributed by atoms with Gasteiger partial charge in [-0.25, -0.2) is 0 Å². The zero-order valence-electron chi connectivity index (χ0n) is 14.1. The van der Waals surface area contributed by atoms with E-state index in [1.54, 1.807) is 0 Å². The molecule has 22 heavy (non-hydrogen) atoms. The quantitative estimate of drug-likeness (QED) is 0.739. The zero-order valence-corrected chi connectivity index (χ0v) is 14.1. The van der Waals surface area contributed by atoms with Gasteiger partial charge in [-0.1, -0.05) is 49.6 Å². The Bertz CT molecular complexity index is 545. The van der Waals surface area contributed by atoms with Crippen molar-refractivity contribution in [1.82, 2.24) is 10.0 Å². The lowest BCUT2D eigenvalue weighted by Crippen LogP contribution is -2.57. The summed E-state index contributed by atoms with van der Waals surface area (Å²) < 4.78 is 0. The number of hydrogen-bond acceptors (Lipinski definition) is 2. The smallest absolute Gasteiger partial charge is 0.0856 e. The fourth-order valence-electron chi connectivity index (χ4n) is 3.84. The number of allylic oxidation sites excluding steroid dienone is 2. The molecule has 0 atom stereocenters. The fraction of sp³-hybridized carbons (Fsp3) is 0.500. The summed E-state index contributed by atoms with van der Waals surface area (Å²) in [5.74, 6) is 0. The predicted octanol–water partition coefficient (Wildman–Crippen LogP) is 5.20. The molecule has 0 bridgehead atoms. The van der Waals surface area contributed by atoms with Crippen molar-refractivity contribution in [3.63, 3.8) is 0 Å². The third-order valence-electron chi connectivity index (χ3n) is 4.92. The third kappa shape index (κ3) is 2.67. The maximum atomic E-state index is 2.50. The van der Waals surface area contributed by atoms with Gasteiger partial charge in [-0.05, 0) is 51.3 Å². The van der Waals surface area contributed by atoms with E-state index in [-0.39, 0.29) is 11.1 Å². The Morgan fingerprint density at radius 3 is 2.14 bits per heavy atom. The first-order chi connectivity index (χ1) is 10.5. The Morgan fingerprint density at radius 2 is 1.50 bits per heavy atom. The summed E-state index contributed by atoms with van der Waals surface area (Å²) in [6, 6.07) is 11.1. The lowest BCUT2D eigenvalue weighted by molar-refractivity contribution is -0.105. The standard InChI is InChI=1S/C20H28N2/c1-19(2,3)21-16-10-11-17-22(21)20(14-8-5-9-15-20)18-12-6-4-7-13-18/h4,6-7,10-13,16-17H,5,8-9,14-15H2,1-3H3. The molecule has 0 aromatic heterocycles. The van der Waals surface area contributed by atoms with Crippen LogP contribution in [0.5, 0.6) is 0 Å². The fourth-order valence-corrected chi connectivity index (χ4v) is 3.84. The molecule has 1 saturated carbocycles. The van der Waals surface area contributed by atoms with Crippen molar-refractivity contribution in [2.24, 2.45) is 0 Å². The van der Waals surface area contributed by atoms with Gasteiger partial charge in [-0.3, -0.25) is 10.0 Å². The zero-order chi connectivity index (χ0) is 15.6. The summed E-state index contributed by atoms with van der Waals surface area (Å²) in [4.78, 5) is 0. The Kier molecular flexibility index (Phi) is 4.03. The second-order valence-electron chi connectivity index (χ2n) is 7.50. The van der Waals surface area contributed by atoms with Crippen LogP contribution in [0.1, 0.15) is 58.4 Å². The molecule has 1 aromatic rings. The van der Waals surface area contributed by atoms with Crippen LogP contribution in [0, 0.1) is 0 Å².